The van der Waals surface area contributed by atoms with E-state index in [1.165, 1.54) is 11.1 Å². The van der Waals surface area contributed by atoms with Gasteiger partial charge in [0.1, 0.15) is 0 Å². The van der Waals surface area contributed by atoms with E-state index in [-0.39, 0.29) is 11.4 Å². The van der Waals surface area contributed by atoms with Crippen LogP contribution >= 0.6 is 0 Å². The SMILES string of the molecule is O=c1[nH]c(N2CCc3ccccc3C2)nc(O)c1Cc1ccccc1. The maximum absolute atomic E-state index is 12.5. The number of hydrogen-bond acceptors (Lipinski definition) is 4. The van der Waals surface area contributed by atoms with Crippen molar-refractivity contribution in [3.63, 3.8) is 0 Å². The number of benzene rings is 2. The van der Waals surface area contributed by atoms with Gasteiger partial charge in [-0.05, 0) is 23.1 Å². The van der Waals surface area contributed by atoms with E-state index in [1.54, 1.807) is 0 Å². The molecule has 0 bridgehead atoms. The fraction of sp³-hybridized carbons (Fsp3) is 0.200. The van der Waals surface area contributed by atoms with Crippen LogP contribution in [0.15, 0.2) is 59.4 Å². The Morgan fingerprint density at radius 2 is 1.76 bits per heavy atom. The molecule has 0 radical (unpaired) electrons. The average molecular weight is 333 g/mol. The summed E-state index contributed by atoms with van der Waals surface area (Å²) in [5.74, 6) is 0.232. The van der Waals surface area contributed by atoms with Crippen molar-refractivity contribution >= 4 is 5.95 Å². The van der Waals surface area contributed by atoms with E-state index in [1.807, 2.05) is 47.4 Å². The largest absolute Gasteiger partial charge is 0.493 e. The van der Waals surface area contributed by atoms with Crippen LogP contribution in [-0.2, 0) is 19.4 Å². The zero-order valence-electron chi connectivity index (χ0n) is 13.8. The van der Waals surface area contributed by atoms with E-state index in [4.69, 9.17) is 0 Å². The van der Waals surface area contributed by atoms with Crippen molar-refractivity contribution in [3.8, 4) is 5.88 Å². The van der Waals surface area contributed by atoms with Gasteiger partial charge in [-0.15, -0.1) is 0 Å². The van der Waals surface area contributed by atoms with Gasteiger partial charge in [-0.25, -0.2) is 0 Å². The van der Waals surface area contributed by atoms with Crippen molar-refractivity contribution in [3.05, 3.63) is 87.2 Å². The molecule has 5 heteroatoms. The van der Waals surface area contributed by atoms with E-state index < -0.39 is 0 Å². The van der Waals surface area contributed by atoms with Crippen LogP contribution in [-0.4, -0.2) is 21.6 Å². The van der Waals surface area contributed by atoms with Crippen LogP contribution in [0.4, 0.5) is 5.95 Å². The van der Waals surface area contributed by atoms with Crippen LogP contribution in [0.1, 0.15) is 22.3 Å². The van der Waals surface area contributed by atoms with Gasteiger partial charge in [0.2, 0.25) is 11.8 Å². The van der Waals surface area contributed by atoms with Crippen molar-refractivity contribution in [1.29, 1.82) is 0 Å². The standard InChI is InChI=1S/C20H19N3O2/c24-18-17(12-14-6-2-1-3-7-14)19(25)22-20(21-18)23-11-10-15-8-4-5-9-16(15)13-23/h1-9H,10-13H2,(H2,21,22,24,25). The Kier molecular flexibility index (Phi) is 3.98. The summed E-state index contributed by atoms with van der Waals surface area (Å²) in [5, 5.41) is 10.3. The predicted octanol–water partition coefficient (Wildman–Crippen LogP) is 2.63. The summed E-state index contributed by atoms with van der Waals surface area (Å²) in [5.41, 5.74) is 3.53. The highest BCUT2D eigenvalue weighted by molar-refractivity contribution is 5.42. The molecule has 2 N–H and O–H groups in total. The first-order valence-corrected chi connectivity index (χ1v) is 8.38. The molecule has 0 unspecified atom stereocenters. The van der Waals surface area contributed by atoms with Gasteiger partial charge in [-0.1, -0.05) is 54.6 Å². The van der Waals surface area contributed by atoms with Crippen LogP contribution in [0.2, 0.25) is 0 Å². The molecule has 1 aliphatic rings. The molecule has 3 aromatic rings. The number of anilines is 1. The van der Waals surface area contributed by atoms with Gasteiger partial charge in [0.05, 0.1) is 5.56 Å². The molecule has 1 aromatic heterocycles. The zero-order valence-corrected chi connectivity index (χ0v) is 13.8. The maximum atomic E-state index is 12.5. The van der Waals surface area contributed by atoms with Gasteiger partial charge >= 0.3 is 0 Å². The average Bonchev–Trinajstić information content (AvgIpc) is 2.65. The van der Waals surface area contributed by atoms with Crippen molar-refractivity contribution < 1.29 is 5.11 Å². The number of H-pyrrole nitrogens is 1. The summed E-state index contributed by atoms with van der Waals surface area (Å²) >= 11 is 0. The molecule has 25 heavy (non-hydrogen) atoms. The summed E-state index contributed by atoms with van der Waals surface area (Å²) in [6.07, 6.45) is 1.25. The number of aromatic hydroxyl groups is 1. The molecule has 0 amide bonds. The summed E-state index contributed by atoms with van der Waals surface area (Å²) in [6.45, 7) is 1.44. The van der Waals surface area contributed by atoms with Crippen LogP contribution in [0.25, 0.3) is 0 Å². The monoisotopic (exact) mass is 333 g/mol. The first kappa shape index (κ1) is 15.4. The minimum absolute atomic E-state index is 0.193. The second kappa shape index (κ2) is 6.43. The molecule has 126 valence electrons. The first-order valence-electron chi connectivity index (χ1n) is 8.38. The second-order valence-corrected chi connectivity index (χ2v) is 6.29. The Hall–Kier alpha value is -3.08. The van der Waals surface area contributed by atoms with Crippen molar-refractivity contribution in [1.82, 2.24) is 9.97 Å². The van der Waals surface area contributed by atoms with E-state index in [9.17, 15) is 9.90 Å². The first-order chi connectivity index (χ1) is 12.2. The number of rotatable bonds is 3. The molecule has 5 nitrogen and oxygen atoms in total. The molecule has 0 aliphatic carbocycles. The lowest BCUT2D eigenvalue weighted by Gasteiger charge is -2.29. The fourth-order valence-electron chi connectivity index (χ4n) is 3.26. The zero-order chi connectivity index (χ0) is 17.2. The Balaban J connectivity index is 1.62. The molecule has 0 atom stereocenters. The number of nitrogens with zero attached hydrogens (tertiary/aromatic N) is 2. The fourth-order valence-corrected chi connectivity index (χ4v) is 3.26. The Labute approximate surface area is 145 Å². The van der Waals surface area contributed by atoms with Crippen molar-refractivity contribution in [2.75, 3.05) is 11.4 Å². The third-order valence-electron chi connectivity index (χ3n) is 4.64. The van der Waals surface area contributed by atoms with Gasteiger partial charge in [0.25, 0.3) is 5.56 Å². The molecular formula is C20H19N3O2. The highest BCUT2D eigenvalue weighted by Gasteiger charge is 2.20. The smallest absolute Gasteiger partial charge is 0.259 e. The highest BCUT2D eigenvalue weighted by Crippen LogP contribution is 2.23. The normalized spacial score (nSPS) is 13.5. The van der Waals surface area contributed by atoms with Gasteiger partial charge in [0.15, 0.2) is 0 Å². The van der Waals surface area contributed by atoms with Crippen molar-refractivity contribution in [2.45, 2.75) is 19.4 Å². The number of nitrogens with one attached hydrogen (secondary N) is 1. The van der Waals surface area contributed by atoms with Crippen LogP contribution < -0.4 is 10.5 Å². The van der Waals surface area contributed by atoms with Crippen molar-refractivity contribution in [2.24, 2.45) is 0 Å². The number of hydrogen-bond donors (Lipinski definition) is 2. The molecular weight excluding hydrogens is 314 g/mol. The minimum Gasteiger partial charge on any atom is -0.493 e. The van der Waals surface area contributed by atoms with Gasteiger partial charge in [-0.3, -0.25) is 9.78 Å². The van der Waals surface area contributed by atoms with Gasteiger partial charge in [0, 0.05) is 19.5 Å². The topological polar surface area (TPSA) is 69.2 Å². The molecule has 2 aromatic carbocycles. The van der Waals surface area contributed by atoms with Crippen LogP contribution in [0.5, 0.6) is 5.88 Å². The summed E-state index contributed by atoms with van der Waals surface area (Å²) in [7, 11) is 0. The maximum Gasteiger partial charge on any atom is 0.259 e. The molecule has 0 saturated carbocycles. The molecule has 2 heterocycles. The van der Waals surface area contributed by atoms with E-state index >= 15 is 0 Å². The highest BCUT2D eigenvalue weighted by atomic mass is 16.3. The van der Waals surface area contributed by atoms with Crippen LogP contribution in [0.3, 0.4) is 0 Å². The number of aromatic amines is 1. The Morgan fingerprint density at radius 3 is 2.52 bits per heavy atom. The number of fused-ring (bicyclic) bond motifs is 1. The predicted molar refractivity (Wildman–Crippen MR) is 97.0 cm³/mol. The Morgan fingerprint density at radius 1 is 1.04 bits per heavy atom. The molecule has 0 spiro atoms. The third-order valence-corrected chi connectivity index (χ3v) is 4.64. The second-order valence-electron chi connectivity index (χ2n) is 6.29. The molecule has 0 saturated heterocycles. The molecule has 0 fully saturated rings. The minimum atomic E-state index is -0.287. The molecule has 1 aliphatic heterocycles. The van der Waals surface area contributed by atoms with E-state index in [2.05, 4.69) is 22.1 Å². The quantitative estimate of drug-likeness (QED) is 0.773. The van der Waals surface area contributed by atoms with E-state index in [0.717, 1.165) is 18.5 Å². The Bertz CT molecular complexity index is 951. The third kappa shape index (κ3) is 3.13. The summed E-state index contributed by atoms with van der Waals surface area (Å²) in [4.78, 5) is 21.6. The summed E-state index contributed by atoms with van der Waals surface area (Å²) < 4.78 is 0. The van der Waals surface area contributed by atoms with Gasteiger partial charge in [-0.2, -0.15) is 4.98 Å². The van der Waals surface area contributed by atoms with Gasteiger partial charge < -0.3 is 10.0 Å². The van der Waals surface area contributed by atoms with E-state index in [0.29, 0.717) is 24.5 Å². The molecule has 4 rings (SSSR count). The lowest BCUT2D eigenvalue weighted by molar-refractivity contribution is 0.443. The lowest BCUT2D eigenvalue weighted by atomic mass is 10.0. The number of aromatic nitrogens is 2. The van der Waals surface area contributed by atoms with Crippen LogP contribution in [0, 0.1) is 0 Å². The summed E-state index contributed by atoms with van der Waals surface area (Å²) in [6, 6.07) is 17.9. The lowest BCUT2D eigenvalue weighted by Crippen LogP contribution is -2.33.